The second kappa shape index (κ2) is 7.97. The summed E-state index contributed by atoms with van der Waals surface area (Å²) in [6.45, 7) is 4.81. The molecule has 0 atom stereocenters. The lowest BCUT2D eigenvalue weighted by Crippen LogP contribution is -2.05. The zero-order valence-electron chi connectivity index (χ0n) is 13.8. The van der Waals surface area contributed by atoms with E-state index in [9.17, 15) is 0 Å². The maximum atomic E-state index is 5.87. The highest BCUT2D eigenvalue weighted by atomic mass is 32.2. The number of hydrogen-bond donors (Lipinski definition) is 0. The molecule has 0 saturated carbocycles. The molecular weight excluding hydrogens is 320 g/mol. The maximum absolute atomic E-state index is 5.87. The predicted molar refractivity (Wildman–Crippen MR) is 96.7 cm³/mol. The monoisotopic (exact) mass is 340 g/mol. The van der Waals surface area contributed by atoms with Crippen molar-refractivity contribution in [1.29, 1.82) is 0 Å². The van der Waals surface area contributed by atoms with Gasteiger partial charge in [-0.15, -0.1) is 5.10 Å². The van der Waals surface area contributed by atoms with Gasteiger partial charge in [-0.2, -0.15) is 16.4 Å². The molecule has 6 heteroatoms. The summed E-state index contributed by atoms with van der Waals surface area (Å²) < 4.78 is 7.65. The molecule has 0 bridgehead atoms. The number of benzene rings is 2. The molecule has 124 valence electrons. The van der Waals surface area contributed by atoms with Crippen LogP contribution in [-0.4, -0.2) is 32.6 Å². The molecule has 3 aromatic rings. The molecule has 0 spiro atoms. The minimum absolute atomic E-state index is 0.669. The molecule has 0 radical (unpaired) electrons. The van der Waals surface area contributed by atoms with E-state index in [0.29, 0.717) is 6.61 Å². The number of rotatable bonds is 7. The quantitative estimate of drug-likeness (QED) is 0.615. The van der Waals surface area contributed by atoms with Gasteiger partial charge in [-0.3, -0.25) is 0 Å². The standard InChI is InChI=1S/C18H20N4OS/c1-14-8-9-15(2)17(12-14)23-10-11-24-13-18-19-20-21-22(18)16-6-4-3-5-7-16/h3-9,12H,10-11,13H2,1-2H3. The minimum atomic E-state index is 0.669. The highest BCUT2D eigenvalue weighted by Crippen LogP contribution is 2.20. The van der Waals surface area contributed by atoms with Gasteiger partial charge in [0.2, 0.25) is 0 Å². The van der Waals surface area contributed by atoms with Gasteiger partial charge in [-0.25, -0.2) is 0 Å². The summed E-state index contributed by atoms with van der Waals surface area (Å²) in [4.78, 5) is 0. The number of para-hydroxylation sites is 1. The first kappa shape index (κ1) is 16.5. The van der Waals surface area contributed by atoms with Crippen molar-refractivity contribution in [1.82, 2.24) is 20.2 Å². The van der Waals surface area contributed by atoms with E-state index >= 15 is 0 Å². The highest BCUT2D eigenvalue weighted by molar-refractivity contribution is 7.98. The van der Waals surface area contributed by atoms with Crippen LogP contribution in [0.2, 0.25) is 0 Å². The van der Waals surface area contributed by atoms with Crippen LogP contribution in [0.5, 0.6) is 5.75 Å². The summed E-state index contributed by atoms with van der Waals surface area (Å²) in [5.41, 5.74) is 3.36. The van der Waals surface area contributed by atoms with Crippen molar-refractivity contribution in [3.8, 4) is 11.4 Å². The normalized spacial score (nSPS) is 10.8. The number of ether oxygens (including phenoxy) is 1. The lowest BCUT2D eigenvalue weighted by Gasteiger charge is -2.09. The van der Waals surface area contributed by atoms with Gasteiger partial charge in [0.05, 0.1) is 18.0 Å². The van der Waals surface area contributed by atoms with Crippen molar-refractivity contribution < 1.29 is 4.74 Å². The Kier molecular flexibility index (Phi) is 5.48. The molecule has 5 nitrogen and oxygen atoms in total. The molecule has 0 N–H and O–H groups in total. The smallest absolute Gasteiger partial charge is 0.166 e. The van der Waals surface area contributed by atoms with Gasteiger partial charge in [-0.1, -0.05) is 30.3 Å². The molecule has 0 aliphatic rings. The van der Waals surface area contributed by atoms with Gasteiger partial charge in [0, 0.05) is 5.75 Å². The average molecular weight is 340 g/mol. The van der Waals surface area contributed by atoms with Crippen LogP contribution >= 0.6 is 11.8 Å². The van der Waals surface area contributed by atoms with Gasteiger partial charge in [0.15, 0.2) is 5.82 Å². The molecule has 2 aromatic carbocycles. The number of thioether (sulfide) groups is 1. The van der Waals surface area contributed by atoms with E-state index in [4.69, 9.17) is 4.74 Å². The Morgan fingerprint density at radius 3 is 2.75 bits per heavy atom. The average Bonchev–Trinajstić information content (AvgIpc) is 3.07. The van der Waals surface area contributed by atoms with Crippen LogP contribution in [0.3, 0.4) is 0 Å². The fraction of sp³-hybridized carbons (Fsp3) is 0.278. The zero-order chi connectivity index (χ0) is 16.8. The van der Waals surface area contributed by atoms with E-state index < -0.39 is 0 Å². The fourth-order valence-corrected chi connectivity index (χ4v) is 3.01. The van der Waals surface area contributed by atoms with Crippen molar-refractivity contribution in [2.75, 3.05) is 12.4 Å². The summed E-state index contributed by atoms with van der Waals surface area (Å²) in [6.07, 6.45) is 0. The first-order valence-corrected chi connectivity index (χ1v) is 9.00. The Morgan fingerprint density at radius 2 is 1.92 bits per heavy atom. The van der Waals surface area contributed by atoms with Crippen molar-refractivity contribution in [3.63, 3.8) is 0 Å². The topological polar surface area (TPSA) is 52.8 Å². The van der Waals surface area contributed by atoms with Crippen molar-refractivity contribution in [3.05, 3.63) is 65.5 Å². The van der Waals surface area contributed by atoms with Gasteiger partial charge in [0.1, 0.15) is 5.75 Å². The molecule has 24 heavy (non-hydrogen) atoms. The van der Waals surface area contributed by atoms with E-state index in [1.165, 1.54) is 11.1 Å². The van der Waals surface area contributed by atoms with Gasteiger partial charge in [-0.05, 0) is 53.6 Å². The van der Waals surface area contributed by atoms with E-state index in [1.807, 2.05) is 30.3 Å². The largest absolute Gasteiger partial charge is 0.492 e. The number of hydrogen-bond acceptors (Lipinski definition) is 5. The van der Waals surface area contributed by atoms with Gasteiger partial charge >= 0.3 is 0 Å². The van der Waals surface area contributed by atoms with Crippen LogP contribution in [-0.2, 0) is 5.75 Å². The third-order valence-electron chi connectivity index (χ3n) is 3.59. The van der Waals surface area contributed by atoms with Crippen LogP contribution in [0, 0.1) is 13.8 Å². The Bertz CT molecular complexity index is 789. The lowest BCUT2D eigenvalue weighted by atomic mass is 10.1. The zero-order valence-corrected chi connectivity index (χ0v) is 14.7. The van der Waals surface area contributed by atoms with Crippen LogP contribution in [0.4, 0.5) is 0 Å². The number of tetrazole rings is 1. The number of nitrogens with zero attached hydrogens (tertiary/aromatic N) is 4. The van der Waals surface area contributed by atoms with Crippen LogP contribution in [0.1, 0.15) is 17.0 Å². The van der Waals surface area contributed by atoms with Crippen molar-refractivity contribution in [2.24, 2.45) is 0 Å². The van der Waals surface area contributed by atoms with Crippen LogP contribution in [0.15, 0.2) is 48.5 Å². The van der Waals surface area contributed by atoms with E-state index in [1.54, 1.807) is 16.4 Å². The molecule has 0 amide bonds. The first-order valence-electron chi connectivity index (χ1n) is 7.84. The molecule has 1 heterocycles. The summed E-state index contributed by atoms with van der Waals surface area (Å²) in [7, 11) is 0. The van der Waals surface area contributed by atoms with Gasteiger partial charge < -0.3 is 4.74 Å². The van der Waals surface area contributed by atoms with Crippen LogP contribution < -0.4 is 4.74 Å². The Labute approximate surface area is 146 Å². The van der Waals surface area contributed by atoms with E-state index in [-0.39, 0.29) is 0 Å². The number of aryl methyl sites for hydroxylation is 2. The predicted octanol–water partition coefficient (Wildman–Crippen LogP) is 3.59. The molecule has 0 aliphatic heterocycles. The molecule has 0 unspecified atom stereocenters. The van der Waals surface area contributed by atoms with E-state index in [2.05, 4.69) is 47.6 Å². The third kappa shape index (κ3) is 4.14. The Morgan fingerprint density at radius 1 is 1.08 bits per heavy atom. The van der Waals surface area contributed by atoms with Crippen LogP contribution in [0.25, 0.3) is 5.69 Å². The second-order valence-electron chi connectivity index (χ2n) is 5.51. The van der Waals surface area contributed by atoms with Crippen molar-refractivity contribution >= 4 is 11.8 Å². The Balaban J connectivity index is 1.49. The molecule has 0 fully saturated rings. The van der Waals surface area contributed by atoms with Gasteiger partial charge in [0.25, 0.3) is 0 Å². The first-order chi connectivity index (χ1) is 11.7. The summed E-state index contributed by atoms with van der Waals surface area (Å²) in [6, 6.07) is 16.2. The lowest BCUT2D eigenvalue weighted by molar-refractivity contribution is 0.341. The molecule has 3 rings (SSSR count). The number of aromatic nitrogens is 4. The van der Waals surface area contributed by atoms with E-state index in [0.717, 1.165) is 28.8 Å². The second-order valence-corrected chi connectivity index (χ2v) is 6.62. The summed E-state index contributed by atoms with van der Waals surface area (Å²) in [5, 5.41) is 12.0. The maximum Gasteiger partial charge on any atom is 0.166 e. The minimum Gasteiger partial charge on any atom is -0.492 e. The fourth-order valence-electron chi connectivity index (χ4n) is 2.30. The van der Waals surface area contributed by atoms with Crippen molar-refractivity contribution in [2.45, 2.75) is 19.6 Å². The molecule has 1 aromatic heterocycles. The molecular formula is C18H20N4OS. The summed E-state index contributed by atoms with van der Waals surface area (Å²) >= 11 is 1.76. The molecule has 0 saturated heterocycles. The third-order valence-corrected chi connectivity index (χ3v) is 4.51. The highest BCUT2D eigenvalue weighted by Gasteiger charge is 2.08. The summed E-state index contributed by atoms with van der Waals surface area (Å²) in [5.74, 6) is 3.44. The SMILES string of the molecule is Cc1ccc(C)c(OCCSCc2nnnn2-c2ccccc2)c1. The molecule has 0 aliphatic carbocycles. The Hall–Kier alpha value is -2.34.